The van der Waals surface area contributed by atoms with E-state index in [-0.39, 0.29) is 21.0 Å². The van der Waals surface area contributed by atoms with E-state index in [1.807, 2.05) is 0 Å². The molecule has 23 heavy (non-hydrogen) atoms. The molecule has 10 heteroatoms. The lowest BCUT2D eigenvalue weighted by Crippen LogP contribution is -2.15. The number of nitrogens with two attached hydrogens (primary N) is 2. The fourth-order valence-electron chi connectivity index (χ4n) is 1.73. The van der Waals surface area contributed by atoms with Crippen molar-refractivity contribution in [3.05, 3.63) is 54.1 Å². The molecule has 0 heterocycles. The standard InChI is InChI=1S/C13H13N3O5S2/c14-13(17)9-1-3-10(4-2-9)16-23(20,21)12-7-5-11(6-8-12)22(15,18)19/h1-8,16H,(H2,14,17)(H2,15,18,19). The summed E-state index contributed by atoms with van der Waals surface area (Å²) in [5.41, 5.74) is 5.56. The topological polar surface area (TPSA) is 149 Å². The van der Waals surface area contributed by atoms with Crippen molar-refractivity contribution in [1.82, 2.24) is 0 Å². The summed E-state index contributed by atoms with van der Waals surface area (Å²) >= 11 is 0. The Hall–Kier alpha value is -2.43. The highest BCUT2D eigenvalue weighted by molar-refractivity contribution is 7.92. The molecule has 0 unspecified atom stereocenters. The van der Waals surface area contributed by atoms with Gasteiger partial charge in [0.05, 0.1) is 9.79 Å². The molecule has 0 atom stereocenters. The number of hydrogen-bond acceptors (Lipinski definition) is 5. The molecule has 1 amide bonds. The fourth-order valence-corrected chi connectivity index (χ4v) is 3.30. The minimum Gasteiger partial charge on any atom is -0.366 e. The molecule has 0 radical (unpaired) electrons. The second kappa shape index (κ2) is 5.99. The Morgan fingerprint density at radius 2 is 1.30 bits per heavy atom. The van der Waals surface area contributed by atoms with Crippen molar-refractivity contribution in [2.45, 2.75) is 9.79 Å². The van der Waals surface area contributed by atoms with Crippen molar-refractivity contribution < 1.29 is 21.6 Å². The van der Waals surface area contributed by atoms with Crippen LogP contribution in [-0.2, 0) is 20.0 Å². The van der Waals surface area contributed by atoms with Crippen LogP contribution in [0.15, 0.2) is 58.3 Å². The first-order chi connectivity index (χ1) is 10.6. The summed E-state index contributed by atoms with van der Waals surface area (Å²) in [5.74, 6) is -0.627. The Morgan fingerprint density at radius 3 is 1.74 bits per heavy atom. The lowest BCUT2D eigenvalue weighted by Gasteiger charge is -2.09. The Bertz CT molecular complexity index is 934. The van der Waals surface area contributed by atoms with E-state index in [0.29, 0.717) is 0 Å². The maximum atomic E-state index is 12.2. The SMILES string of the molecule is NC(=O)c1ccc(NS(=O)(=O)c2ccc(S(N)(=O)=O)cc2)cc1. The number of anilines is 1. The van der Waals surface area contributed by atoms with E-state index >= 15 is 0 Å². The highest BCUT2D eigenvalue weighted by Crippen LogP contribution is 2.18. The Balaban J connectivity index is 2.26. The molecule has 5 N–H and O–H groups in total. The summed E-state index contributed by atoms with van der Waals surface area (Å²) < 4.78 is 49.0. The molecule has 0 bridgehead atoms. The number of sulfonamides is 2. The third-order valence-electron chi connectivity index (χ3n) is 2.88. The van der Waals surface area contributed by atoms with E-state index in [2.05, 4.69) is 4.72 Å². The normalized spacial score (nSPS) is 11.9. The molecular formula is C13H13N3O5S2. The van der Waals surface area contributed by atoms with Crippen molar-refractivity contribution in [2.75, 3.05) is 4.72 Å². The molecule has 0 aliphatic heterocycles. The van der Waals surface area contributed by atoms with Crippen LogP contribution in [0.3, 0.4) is 0 Å². The van der Waals surface area contributed by atoms with Crippen LogP contribution in [0.25, 0.3) is 0 Å². The number of primary amides is 1. The monoisotopic (exact) mass is 355 g/mol. The van der Waals surface area contributed by atoms with Crippen LogP contribution in [0.1, 0.15) is 10.4 Å². The molecule has 2 aromatic rings. The molecule has 8 nitrogen and oxygen atoms in total. The van der Waals surface area contributed by atoms with Crippen LogP contribution in [0.5, 0.6) is 0 Å². The summed E-state index contributed by atoms with van der Waals surface area (Å²) in [4.78, 5) is 10.6. The number of carbonyl (C=O) groups is 1. The van der Waals surface area contributed by atoms with E-state index < -0.39 is 26.0 Å². The minimum atomic E-state index is -3.91. The molecule has 0 fully saturated rings. The first kappa shape index (κ1) is 16.9. The van der Waals surface area contributed by atoms with Gasteiger partial charge in [-0.05, 0) is 48.5 Å². The summed E-state index contributed by atoms with van der Waals surface area (Å²) in [5, 5.41) is 4.95. The number of hydrogen-bond donors (Lipinski definition) is 3. The van der Waals surface area contributed by atoms with E-state index in [1.54, 1.807) is 0 Å². The lowest BCUT2D eigenvalue weighted by atomic mass is 10.2. The van der Waals surface area contributed by atoms with Crippen molar-refractivity contribution in [3.63, 3.8) is 0 Å². The van der Waals surface area contributed by atoms with E-state index in [1.165, 1.54) is 24.3 Å². The molecule has 2 rings (SSSR count). The number of rotatable bonds is 5. The van der Waals surface area contributed by atoms with E-state index in [0.717, 1.165) is 24.3 Å². The Kier molecular flexibility index (Phi) is 4.41. The zero-order valence-electron chi connectivity index (χ0n) is 11.6. The van der Waals surface area contributed by atoms with Crippen molar-refractivity contribution in [2.24, 2.45) is 10.9 Å². The molecule has 0 aliphatic carbocycles. The van der Waals surface area contributed by atoms with Gasteiger partial charge >= 0.3 is 0 Å². The average Bonchev–Trinajstić information content (AvgIpc) is 2.46. The zero-order chi connectivity index (χ0) is 17.3. The average molecular weight is 355 g/mol. The zero-order valence-corrected chi connectivity index (χ0v) is 13.3. The second-order valence-corrected chi connectivity index (χ2v) is 7.81. The van der Waals surface area contributed by atoms with Gasteiger partial charge in [0.15, 0.2) is 0 Å². The number of amides is 1. The van der Waals surface area contributed by atoms with Gasteiger partial charge < -0.3 is 5.73 Å². The van der Waals surface area contributed by atoms with Gasteiger partial charge in [0.1, 0.15) is 0 Å². The smallest absolute Gasteiger partial charge is 0.261 e. The fraction of sp³-hybridized carbons (Fsp3) is 0. The molecule has 0 saturated carbocycles. The predicted octanol–water partition coefficient (Wildman–Crippen LogP) is 0.234. The maximum Gasteiger partial charge on any atom is 0.261 e. The Labute approximate surface area is 133 Å². The highest BCUT2D eigenvalue weighted by atomic mass is 32.2. The van der Waals surface area contributed by atoms with Crippen molar-refractivity contribution in [3.8, 4) is 0 Å². The van der Waals surface area contributed by atoms with Crippen LogP contribution >= 0.6 is 0 Å². The number of primary sulfonamides is 1. The second-order valence-electron chi connectivity index (χ2n) is 4.56. The third kappa shape index (κ3) is 4.06. The molecule has 0 aromatic heterocycles. The van der Waals surface area contributed by atoms with Crippen LogP contribution in [0.2, 0.25) is 0 Å². The van der Waals surface area contributed by atoms with Crippen molar-refractivity contribution >= 4 is 31.6 Å². The summed E-state index contributed by atoms with van der Waals surface area (Å²) in [7, 11) is -7.81. The maximum absolute atomic E-state index is 12.2. The molecule has 122 valence electrons. The first-order valence-corrected chi connectivity index (χ1v) is 9.18. The van der Waals surface area contributed by atoms with Gasteiger partial charge in [-0.25, -0.2) is 22.0 Å². The largest absolute Gasteiger partial charge is 0.366 e. The third-order valence-corrected chi connectivity index (χ3v) is 5.21. The predicted molar refractivity (Wildman–Crippen MR) is 83.6 cm³/mol. The van der Waals surface area contributed by atoms with E-state index in [4.69, 9.17) is 10.9 Å². The van der Waals surface area contributed by atoms with Gasteiger partial charge in [0.25, 0.3) is 10.0 Å². The van der Waals surface area contributed by atoms with E-state index in [9.17, 15) is 21.6 Å². The first-order valence-electron chi connectivity index (χ1n) is 6.15. The quantitative estimate of drug-likeness (QED) is 0.702. The summed E-state index contributed by atoms with van der Waals surface area (Å²) in [6, 6.07) is 9.97. The summed E-state index contributed by atoms with van der Waals surface area (Å²) in [6.07, 6.45) is 0. The van der Waals surface area contributed by atoms with Gasteiger partial charge in [-0.3, -0.25) is 9.52 Å². The van der Waals surface area contributed by atoms with Crippen molar-refractivity contribution in [1.29, 1.82) is 0 Å². The van der Waals surface area contributed by atoms with Crippen LogP contribution < -0.4 is 15.6 Å². The number of benzene rings is 2. The highest BCUT2D eigenvalue weighted by Gasteiger charge is 2.16. The molecular weight excluding hydrogens is 342 g/mol. The number of carbonyl (C=O) groups excluding carboxylic acids is 1. The Morgan fingerprint density at radius 1 is 0.826 bits per heavy atom. The molecule has 0 spiro atoms. The summed E-state index contributed by atoms with van der Waals surface area (Å²) in [6.45, 7) is 0. The van der Waals surface area contributed by atoms with Gasteiger partial charge in [0.2, 0.25) is 15.9 Å². The van der Waals surface area contributed by atoms with Gasteiger partial charge in [-0.2, -0.15) is 0 Å². The molecule has 2 aromatic carbocycles. The lowest BCUT2D eigenvalue weighted by molar-refractivity contribution is 0.100. The van der Waals surface area contributed by atoms with Crippen LogP contribution in [0.4, 0.5) is 5.69 Å². The van der Waals surface area contributed by atoms with Gasteiger partial charge in [-0.15, -0.1) is 0 Å². The number of nitrogens with one attached hydrogen (secondary N) is 1. The van der Waals surface area contributed by atoms with Gasteiger partial charge in [0, 0.05) is 11.3 Å². The van der Waals surface area contributed by atoms with Gasteiger partial charge in [-0.1, -0.05) is 0 Å². The molecule has 0 aliphatic rings. The van der Waals surface area contributed by atoms with Crippen LogP contribution in [-0.4, -0.2) is 22.7 Å². The van der Waals surface area contributed by atoms with Crippen LogP contribution in [0, 0.1) is 0 Å². The molecule has 0 saturated heterocycles. The minimum absolute atomic E-state index is 0.135.